The molecule has 9 nitrogen and oxygen atoms in total. The summed E-state index contributed by atoms with van der Waals surface area (Å²) in [5.41, 5.74) is -0.523. The number of aromatic nitrogens is 5. The summed E-state index contributed by atoms with van der Waals surface area (Å²) in [4.78, 5) is 33.1. The minimum absolute atomic E-state index is 0.105. The van der Waals surface area contributed by atoms with Gasteiger partial charge in [-0.1, -0.05) is 0 Å². The molecule has 3 rings (SSSR count). The standard InChI is InChI=1S/C13H11N5O4/c1-6-16-5-18(17-6)12-10-9(8(22-2)4-15-12)7(3-14-10)11(19)13(20)21/h3-5,14H,1-2H3,(H,20,21)/i1D3,2D3,5D. The number of hydrogen-bond acceptors (Lipinski definition) is 6. The molecule has 0 saturated carbocycles. The van der Waals surface area contributed by atoms with Crippen LogP contribution in [0.5, 0.6) is 5.75 Å². The van der Waals surface area contributed by atoms with Crippen LogP contribution < -0.4 is 4.74 Å². The minimum Gasteiger partial charge on any atom is -0.494 e. The van der Waals surface area contributed by atoms with Gasteiger partial charge in [-0.2, -0.15) is 5.10 Å². The number of pyridine rings is 1. The van der Waals surface area contributed by atoms with E-state index in [0.29, 0.717) is 0 Å². The normalized spacial score (nSPS) is 16.6. The Morgan fingerprint density at radius 3 is 3.05 bits per heavy atom. The average Bonchev–Trinajstić information content (AvgIpc) is 3.17. The number of carboxylic acids is 1. The number of carbonyl (C=O) groups excluding carboxylic acids is 1. The molecule has 0 aliphatic rings. The van der Waals surface area contributed by atoms with Gasteiger partial charge in [0.2, 0.25) is 0 Å². The second kappa shape index (κ2) is 4.95. The van der Waals surface area contributed by atoms with Gasteiger partial charge in [0.05, 0.1) is 33.8 Å². The van der Waals surface area contributed by atoms with E-state index >= 15 is 0 Å². The molecule has 0 bridgehead atoms. The Hall–Kier alpha value is -3.23. The zero-order valence-corrected chi connectivity index (χ0v) is 10.6. The summed E-state index contributed by atoms with van der Waals surface area (Å²) in [6.45, 7) is -2.70. The largest absolute Gasteiger partial charge is 0.494 e. The number of methoxy groups -OCH3 is 1. The Bertz CT molecular complexity index is 1130. The number of H-pyrrole nitrogens is 1. The quantitative estimate of drug-likeness (QED) is 0.538. The summed E-state index contributed by atoms with van der Waals surface area (Å²) in [6.07, 6.45) is 1.30. The number of ether oxygens (including phenoxy) is 1. The van der Waals surface area contributed by atoms with Gasteiger partial charge in [0.25, 0.3) is 5.78 Å². The molecule has 112 valence electrons. The van der Waals surface area contributed by atoms with Gasteiger partial charge in [0, 0.05) is 10.3 Å². The summed E-state index contributed by atoms with van der Waals surface area (Å²) in [5, 5.41) is 12.5. The summed E-state index contributed by atoms with van der Waals surface area (Å²) in [6, 6.07) is 0. The molecule has 2 N–H and O–H groups in total. The van der Waals surface area contributed by atoms with Crippen LogP contribution in [0.15, 0.2) is 18.7 Å². The van der Waals surface area contributed by atoms with E-state index in [0.717, 1.165) is 17.1 Å². The van der Waals surface area contributed by atoms with Crippen LogP contribution >= 0.6 is 0 Å². The first-order valence-electron chi connectivity index (χ1n) is 9.21. The number of nitrogens with zero attached hydrogens (tertiary/aromatic N) is 4. The predicted molar refractivity (Wildman–Crippen MR) is 74.3 cm³/mol. The molecule has 3 aromatic heterocycles. The number of carboxylic acid groups (broad SMARTS) is 1. The molecule has 0 amide bonds. The van der Waals surface area contributed by atoms with Gasteiger partial charge in [-0.05, 0) is 6.85 Å². The molecule has 3 aromatic rings. The second-order valence-corrected chi connectivity index (χ2v) is 4.08. The third-order valence-electron chi connectivity index (χ3n) is 2.85. The van der Waals surface area contributed by atoms with Crippen molar-refractivity contribution in [2.24, 2.45) is 0 Å². The lowest BCUT2D eigenvalue weighted by atomic mass is 10.1. The Kier molecular flexibility index (Phi) is 1.73. The molecule has 0 spiro atoms. The number of nitrogens with one attached hydrogen (secondary N) is 1. The molecular weight excluding hydrogens is 290 g/mol. The summed E-state index contributed by atoms with van der Waals surface area (Å²) >= 11 is 0. The highest BCUT2D eigenvalue weighted by molar-refractivity contribution is 6.42. The Labute approximate surface area is 133 Å². The first kappa shape index (κ1) is 7.69. The number of ketones is 1. The van der Waals surface area contributed by atoms with E-state index in [9.17, 15) is 9.59 Å². The van der Waals surface area contributed by atoms with Crippen molar-refractivity contribution in [3.63, 3.8) is 0 Å². The third-order valence-corrected chi connectivity index (χ3v) is 2.85. The topological polar surface area (TPSA) is 123 Å². The van der Waals surface area contributed by atoms with Crippen LogP contribution in [0, 0.1) is 6.85 Å². The van der Waals surface area contributed by atoms with E-state index in [1.165, 1.54) is 0 Å². The van der Waals surface area contributed by atoms with Crippen molar-refractivity contribution >= 4 is 22.7 Å². The van der Waals surface area contributed by atoms with Gasteiger partial charge in [0.1, 0.15) is 19.2 Å². The maximum atomic E-state index is 12.0. The van der Waals surface area contributed by atoms with Gasteiger partial charge in [-0.25, -0.2) is 19.4 Å². The number of aryl methyl sites for hydroxylation is 1. The molecule has 0 aromatic carbocycles. The monoisotopic (exact) mass is 308 g/mol. The van der Waals surface area contributed by atoms with Crippen molar-refractivity contribution in [1.29, 1.82) is 0 Å². The van der Waals surface area contributed by atoms with Gasteiger partial charge in [0.15, 0.2) is 5.82 Å². The Morgan fingerprint density at radius 1 is 1.50 bits per heavy atom. The number of hydrogen-bond donors (Lipinski definition) is 2. The van der Waals surface area contributed by atoms with Gasteiger partial charge in [-0.3, -0.25) is 4.79 Å². The van der Waals surface area contributed by atoms with Crippen LogP contribution in [0.3, 0.4) is 0 Å². The minimum atomic E-state index is -2.93. The van der Waals surface area contributed by atoms with E-state index in [1.54, 1.807) is 0 Å². The molecule has 3 heterocycles. The van der Waals surface area contributed by atoms with Crippen LogP contribution in [0.25, 0.3) is 16.7 Å². The number of rotatable bonds is 4. The van der Waals surface area contributed by atoms with Crippen LogP contribution in [-0.2, 0) is 4.79 Å². The highest BCUT2D eigenvalue weighted by Crippen LogP contribution is 2.31. The second-order valence-electron chi connectivity index (χ2n) is 4.08. The molecule has 0 fully saturated rings. The summed E-state index contributed by atoms with van der Waals surface area (Å²) < 4.78 is 57.1. The summed E-state index contributed by atoms with van der Waals surface area (Å²) in [5.74, 6) is -4.41. The highest BCUT2D eigenvalue weighted by Gasteiger charge is 2.24. The maximum Gasteiger partial charge on any atom is 0.377 e. The SMILES string of the molecule is [2H]c1nc(C([2H])([2H])[2H])nn1-c1ncc(OC([2H])([2H])[2H])c2c(C(=O)C(=O)O)c[nH]c12. The molecule has 0 radical (unpaired) electrons. The predicted octanol–water partition coefficient (Wildman–Crippen LogP) is 0.728. The van der Waals surface area contributed by atoms with Crippen LogP contribution in [0.2, 0.25) is 0 Å². The van der Waals surface area contributed by atoms with Crippen molar-refractivity contribution in [1.82, 2.24) is 24.7 Å². The van der Waals surface area contributed by atoms with Crippen LogP contribution in [0.4, 0.5) is 0 Å². The Morgan fingerprint density at radius 2 is 2.36 bits per heavy atom. The number of aromatic amines is 1. The first-order chi connectivity index (χ1) is 13.3. The van der Waals surface area contributed by atoms with Gasteiger partial charge in [-0.15, -0.1) is 0 Å². The number of Topliss-reactive ketones (excluding diaryl/α,β-unsaturated/α-hetero) is 1. The number of aliphatic carboxylic acids is 1. The van der Waals surface area contributed by atoms with E-state index in [4.69, 9.17) is 19.4 Å². The van der Waals surface area contributed by atoms with Crippen molar-refractivity contribution < 1.29 is 29.0 Å². The van der Waals surface area contributed by atoms with Crippen molar-refractivity contribution in [3.8, 4) is 11.6 Å². The van der Waals surface area contributed by atoms with E-state index in [2.05, 4.69) is 20.1 Å². The lowest BCUT2D eigenvalue weighted by molar-refractivity contribution is -0.131. The fourth-order valence-corrected chi connectivity index (χ4v) is 1.97. The smallest absolute Gasteiger partial charge is 0.377 e. The maximum absolute atomic E-state index is 12.0. The molecule has 22 heavy (non-hydrogen) atoms. The summed E-state index contributed by atoms with van der Waals surface area (Å²) in [7, 11) is -2.93. The molecule has 0 unspecified atom stereocenters. The van der Waals surface area contributed by atoms with Crippen molar-refractivity contribution in [3.05, 3.63) is 30.1 Å². The van der Waals surface area contributed by atoms with Gasteiger partial charge < -0.3 is 14.8 Å². The van der Waals surface area contributed by atoms with Gasteiger partial charge >= 0.3 is 5.97 Å². The van der Waals surface area contributed by atoms with E-state index in [1.807, 2.05) is 0 Å². The lowest BCUT2D eigenvalue weighted by Crippen LogP contribution is -2.12. The highest BCUT2D eigenvalue weighted by atomic mass is 16.5. The molecule has 0 aliphatic heterocycles. The Balaban J connectivity index is 2.29. The zero-order chi connectivity index (χ0) is 21.7. The fraction of sp³-hybridized carbons (Fsp3) is 0.154. The van der Waals surface area contributed by atoms with Crippen molar-refractivity contribution in [2.45, 2.75) is 6.85 Å². The number of fused-ring (bicyclic) bond motifs is 1. The lowest BCUT2D eigenvalue weighted by Gasteiger charge is -2.06. The first-order valence-corrected chi connectivity index (χ1v) is 5.71. The molecule has 0 atom stereocenters. The molecular formula is C13H11N5O4. The average molecular weight is 308 g/mol. The van der Waals surface area contributed by atoms with E-state index in [-0.39, 0.29) is 16.7 Å². The molecule has 0 aliphatic carbocycles. The third kappa shape index (κ3) is 1.99. The fourth-order valence-electron chi connectivity index (χ4n) is 1.97. The number of carbonyl (C=O) groups is 2. The zero-order valence-electron chi connectivity index (χ0n) is 17.6. The van der Waals surface area contributed by atoms with Crippen molar-refractivity contribution in [2.75, 3.05) is 7.04 Å². The van der Waals surface area contributed by atoms with Crippen LogP contribution in [0.1, 0.15) is 25.8 Å². The molecule has 9 heteroatoms. The molecule has 0 saturated heterocycles. The van der Waals surface area contributed by atoms with Crippen LogP contribution in [-0.4, -0.2) is 48.6 Å². The van der Waals surface area contributed by atoms with E-state index < -0.39 is 49.1 Å².